The maximum atomic E-state index is 11.4. The number of rotatable bonds is 3. The van der Waals surface area contributed by atoms with Crippen molar-refractivity contribution in [3.63, 3.8) is 0 Å². The van der Waals surface area contributed by atoms with Gasteiger partial charge in [0.2, 0.25) is 0 Å². The second-order valence-electron chi connectivity index (χ2n) is 3.40. The molecule has 0 atom stereocenters. The molecule has 0 radical (unpaired) electrons. The lowest BCUT2D eigenvalue weighted by Gasteiger charge is -2.12. The normalized spacial score (nSPS) is 9.62. The lowest BCUT2D eigenvalue weighted by atomic mass is 10.1. The van der Waals surface area contributed by atoms with Crippen LogP contribution in [-0.2, 0) is 0 Å². The molecule has 0 saturated carbocycles. The first-order valence-electron chi connectivity index (χ1n) is 5.05. The largest absolute Gasteiger partial charge is 0.384 e. The molecular formula is C11H16N4O. The molecule has 0 aliphatic rings. The Hall–Kier alpha value is -2.04. The van der Waals surface area contributed by atoms with Crippen molar-refractivity contribution in [3.8, 4) is 0 Å². The Kier molecular flexibility index (Phi) is 3.88. The summed E-state index contributed by atoms with van der Waals surface area (Å²) in [6, 6.07) is 5.08. The Morgan fingerprint density at radius 3 is 2.75 bits per heavy atom. The van der Waals surface area contributed by atoms with E-state index >= 15 is 0 Å². The lowest BCUT2D eigenvalue weighted by Crippen LogP contribution is -2.29. The predicted molar refractivity (Wildman–Crippen MR) is 64.9 cm³/mol. The zero-order valence-corrected chi connectivity index (χ0v) is 9.42. The molecule has 2 amide bonds. The Bertz CT molecular complexity index is 414. The van der Waals surface area contributed by atoms with Gasteiger partial charge in [-0.3, -0.25) is 5.41 Å². The van der Waals surface area contributed by atoms with Crippen molar-refractivity contribution in [2.24, 2.45) is 5.73 Å². The minimum atomic E-state index is -0.296. The van der Waals surface area contributed by atoms with Gasteiger partial charge in [-0.05, 0) is 25.5 Å². The van der Waals surface area contributed by atoms with Gasteiger partial charge in [0.15, 0.2) is 0 Å². The minimum absolute atomic E-state index is 0.0510. The van der Waals surface area contributed by atoms with Gasteiger partial charge in [0, 0.05) is 12.1 Å². The van der Waals surface area contributed by atoms with Crippen molar-refractivity contribution < 1.29 is 4.79 Å². The van der Waals surface area contributed by atoms with Crippen LogP contribution in [0.1, 0.15) is 18.1 Å². The number of amidine groups is 1. The highest BCUT2D eigenvalue weighted by Crippen LogP contribution is 2.18. The molecule has 0 spiro atoms. The second-order valence-corrected chi connectivity index (χ2v) is 3.40. The van der Waals surface area contributed by atoms with Crippen LogP contribution in [0.2, 0.25) is 0 Å². The zero-order chi connectivity index (χ0) is 12.1. The third-order valence-electron chi connectivity index (χ3n) is 2.13. The maximum absolute atomic E-state index is 11.4. The molecule has 16 heavy (non-hydrogen) atoms. The quantitative estimate of drug-likeness (QED) is 0.458. The summed E-state index contributed by atoms with van der Waals surface area (Å²) in [7, 11) is 0. The molecule has 0 aliphatic heterocycles. The van der Waals surface area contributed by atoms with Crippen LogP contribution in [0, 0.1) is 12.3 Å². The molecule has 0 saturated heterocycles. The molecule has 1 rings (SSSR count). The molecule has 86 valence electrons. The van der Waals surface area contributed by atoms with Crippen LogP contribution in [0.5, 0.6) is 0 Å². The lowest BCUT2D eigenvalue weighted by molar-refractivity contribution is 0.252. The number of nitrogens with two attached hydrogens (primary N) is 1. The highest BCUT2D eigenvalue weighted by Gasteiger charge is 2.10. The number of hydrogen-bond donors (Lipinski definition) is 4. The van der Waals surface area contributed by atoms with Gasteiger partial charge in [0.25, 0.3) is 0 Å². The highest BCUT2D eigenvalue weighted by atomic mass is 16.2. The van der Waals surface area contributed by atoms with E-state index in [0.29, 0.717) is 17.8 Å². The van der Waals surface area contributed by atoms with Gasteiger partial charge < -0.3 is 16.4 Å². The summed E-state index contributed by atoms with van der Waals surface area (Å²) in [5.41, 5.74) is 7.46. The second kappa shape index (κ2) is 5.16. The van der Waals surface area contributed by atoms with E-state index < -0.39 is 0 Å². The highest BCUT2D eigenvalue weighted by molar-refractivity contribution is 6.05. The van der Waals surface area contributed by atoms with Crippen LogP contribution in [-0.4, -0.2) is 18.4 Å². The SMILES string of the molecule is CCNC(=O)Nc1cccc(C)c1C(=N)N. The smallest absolute Gasteiger partial charge is 0.319 e. The molecule has 1 aromatic rings. The Labute approximate surface area is 94.5 Å². The number of aryl methyl sites for hydroxylation is 1. The minimum Gasteiger partial charge on any atom is -0.384 e. The molecule has 0 fully saturated rings. The summed E-state index contributed by atoms with van der Waals surface area (Å²) < 4.78 is 0. The van der Waals surface area contributed by atoms with Crippen molar-refractivity contribution in [1.82, 2.24) is 5.32 Å². The average Bonchev–Trinajstić information content (AvgIpc) is 2.17. The fraction of sp³-hybridized carbons (Fsp3) is 0.273. The van der Waals surface area contributed by atoms with Crippen molar-refractivity contribution >= 4 is 17.6 Å². The van der Waals surface area contributed by atoms with Crippen molar-refractivity contribution in [2.75, 3.05) is 11.9 Å². The van der Waals surface area contributed by atoms with Gasteiger partial charge in [0.05, 0.1) is 5.69 Å². The monoisotopic (exact) mass is 220 g/mol. The number of hydrogen-bond acceptors (Lipinski definition) is 2. The summed E-state index contributed by atoms with van der Waals surface area (Å²) in [5.74, 6) is -0.0510. The summed E-state index contributed by atoms with van der Waals surface area (Å²) in [6.07, 6.45) is 0. The number of nitrogen functional groups attached to an aromatic ring is 1. The predicted octanol–water partition coefficient (Wildman–Crippen LogP) is 1.42. The van der Waals surface area contributed by atoms with E-state index in [1.165, 1.54) is 0 Å². The number of benzene rings is 1. The molecule has 0 unspecified atom stereocenters. The Balaban J connectivity index is 3.00. The molecule has 5 N–H and O–H groups in total. The van der Waals surface area contributed by atoms with Crippen LogP contribution in [0.3, 0.4) is 0 Å². The van der Waals surface area contributed by atoms with E-state index in [0.717, 1.165) is 5.56 Å². The van der Waals surface area contributed by atoms with Crippen LogP contribution in [0.4, 0.5) is 10.5 Å². The molecule has 0 bridgehead atoms. The van der Waals surface area contributed by atoms with Crippen molar-refractivity contribution in [1.29, 1.82) is 5.41 Å². The fourth-order valence-electron chi connectivity index (χ4n) is 1.46. The summed E-state index contributed by atoms with van der Waals surface area (Å²) >= 11 is 0. The van der Waals surface area contributed by atoms with E-state index in [1.54, 1.807) is 6.07 Å². The van der Waals surface area contributed by atoms with Gasteiger partial charge in [-0.2, -0.15) is 0 Å². The van der Waals surface area contributed by atoms with E-state index in [9.17, 15) is 4.79 Å². The molecule has 1 aromatic carbocycles. The number of amides is 2. The summed E-state index contributed by atoms with van der Waals surface area (Å²) in [5, 5.41) is 12.8. The van der Waals surface area contributed by atoms with Gasteiger partial charge in [0.1, 0.15) is 5.84 Å². The van der Waals surface area contributed by atoms with Crippen LogP contribution in [0.15, 0.2) is 18.2 Å². The van der Waals surface area contributed by atoms with Gasteiger partial charge in [-0.15, -0.1) is 0 Å². The zero-order valence-electron chi connectivity index (χ0n) is 9.42. The number of anilines is 1. The van der Waals surface area contributed by atoms with E-state index in [2.05, 4.69) is 10.6 Å². The first-order chi connectivity index (χ1) is 7.56. The number of carbonyl (C=O) groups excluding carboxylic acids is 1. The van der Waals surface area contributed by atoms with E-state index in [-0.39, 0.29) is 11.9 Å². The number of nitrogens with one attached hydrogen (secondary N) is 3. The first-order valence-corrected chi connectivity index (χ1v) is 5.05. The first kappa shape index (κ1) is 12.0. The third-order valence-corrected chi connectivity index (χ3v) is 2.13. The van der Waals surface area contributed by atoms with Gasteiger partial charge in [-0.25, -0.2) is 4.79 Å². The maximum Gasteiger partial charge on any atom is 0.319 e. The molecule has 0 heterocycles. The fourth-order valence-corrected chi connectivity index (χ4v) is 1.46. The van der Waals surface area contributed by atoms with Crippen LogP contribution < -0.4 is 16.4 Å². The van der Waals surface area contributed by atoms with Gasteiger partial charge in [-0.1, -0.05) is 12.1 Å². The number of carbonyl (C=O) groups is 1. The molecule has 5 heteroatoms. The average molecular weight is 220 g/mol. The Morgan fingerprint density at radius 1 is 1.50 bits per heavy atom. The topological polar surface area (TPSA) is 91.0 Å². The van der Waals surface area contributed by atoms with Crippen molar-refractivity contribution in [2.45, 2.75) is 13.8 Å². The third kappa shape index (κ3) is 2.73. The number of urea groups is 1. The molecule has 5 nitrogen and oxygen atoms in total. The van der Waals surface area contributed by atoms with Crippen LogP contribution >= 0.6 is 0 Å². The molecular weight excluding hydrogens is 204 g/mol. The van der Waals surface area contributed by atoms with E-state index in [1.807, 2.05) is 26.0 Å². The van der Waals surface area contributed by atoms with Crippen LogP contribution in [0.25, 0.3) is 0 Å². The standard InChI is InChI=1S/C11H16N4O/c1-3-14-11(16)15-8-6-4-5-7(2)9(8)10(12)13/h4-6H,3H2,1-2H3,(H3,12,13)(H2,14,15,16). The van der Waals surface area contributed by atoms with Crippen molar-refractivity contribution in [3.05, 3.63) is 29.3 Å². The van der Waals surface area contributed by atoms with E-state index in [4.69, 9.17) is 11.1 Å². The summed E-state index contributed by atoms with van der Waals surface area (Å²) in [4.78, 5) is 11.4. The van der Waals surface area contributed by atoms with Gasteiger partial charge >= 0.3 is 6.03 Å². The summed E-state index contributed by atoms with van der Waals surface area (Å²) in [6.45, 7) is 4.23. The molecule has 0 aromatic heterocycles. The molecule has 0 aliphatic carbocycles. The Morgan fingerprint density at radius 2 is 2.19 bits per heavy atom.